The number of fused-ring (bicyclic) bond motifs is 1. The normalized spacial score (nSPS) is 10.6. The van der Waals surface area contributed by atoms with Gasteiger partial charge in [0, 0.05) is 0 Å². The van der Waals surface area contributed by atoms with Crippen LogP contribution in [0.1, 0.15) is 27.0 Å². The van der Waals surface area contributed by atoms with Crippen molar-refractivity contribution < 1.29 is 9.53 Å². The molecule has 0 aliphatic carbocycles. The van der Waals surface area contributed by atoms with Crippen molar-refractivity contribution >= 4 is 16.7 Å². The Kier molecular flexibility index (Phi) is 3.92. The van der Waals surface area contributed by atoms with Crippen molar-refractivity contribution in [2.45, 2.75) is 13.3 Å². The number of rotatable bonds is 3. The van der Waals surface area contributed by atoms with Gasteiger partial charge in [0.2, 0.25) is 0 Å². The molecule has 0 heterocycles. The number of hydrogen-bond donors (Lipinski definition) is 0. The summed E-state index contributed by atoms with van der Waals surface area (Å²) in [5, 5.41) is 2.30. The first kappa shape index (κ1) is 14.3. The van der Waals surface area contributed by atoms with E-state index in [2.05, 4.69) is 25.1 Å². The van der Waals surface area contributed by atoms with E-state index in [-0.39, 0.29) is 5.97 Å². The largest absolute Gasteiger partial charge is 0.465 e. The highest BCUT2D eigenvalue weighted by Crippen LogP contribution is 2.27. The summed E-state index contributed by atoms with van der Waals surface area (Å²) in [5.41, 5.74) is 4.21. The Morgan fingerprint density at radius 2 is 1.77 bits per heavy atom. The molecular weight excluding hydrogens is 272 g/mol. The third-order valence-corrected chi connectivity index (χ3v) is 3.93. The van der Waals surface area contributed by atoms with E-state index in [0.29, 0.717) is 5.56 Å². The van der Waals surface area contributed by atoms with Crippen LogP contribution in [0.25, 0.3) is 10.8 Å². The van der Waals surface area contributed by atoms with Crippen LogP contribution in [-0.4, -0.2) is 13.1 Å². The minimum absolute atomic E-state index is 0.294. The third kappa shape index (κ3) is 2.73. The smallest absolute Gasteiger partial charge is 0.337 e. The van der Waals surface area contributed by atoms with E-state index in [4.69, 9.17) is 4.74 Å². The molecule has 3 aromatic carbocycles. The molecule has 0 saturated heterocycles. The van der Waals surface area contributed by atoms with Gasteiger partial charge in [-0.05, 0) is 52.9 Å². The van der Waals surface area contributed by atoms with Crippen LogP contribution in [0, 0.1) is 6.92 Å². The quantitative estimate of drug-likeness (QED) is 0.663. The molecule has 0 aromatic heterocycles. The number of esters is 1. The van der Waals surface area contributed by atoms with Crippen molar-refractivity contribution in [3.8, 4) is 0 Å². The molecule has 0 unspecified atom stereocenters. The van der Waals surface area contributed by atoms with E-state index in [9.17, 15) is 4.79 Å². The van der Waals surface area contributed by atoms with Crippen LogP contribution in [0.15, 0.2) is 60.7 Å². The van der Waals surface area contributed by atoms with E-state index in [1.165, 1.54) is 23.6 Å². The summed E-state index contributed by atoms with van der Waals surface area (Å²) < 4.78 is 4.88. The Balaban J connectivity index is 2.19. The number of hydrogen-bond acceptors (Lipinski definition) is 2. The average Bonchev–Trinajstić information content (AvgIpc) is 2.55. The lowest BCUT2D eigenvalue weighted by atomic mass is 9.93. The second-order valence-corrected chi connectivity index (χ2v) is 5.46. The Morgan fingerprint density at radius 3 is 2.50 bits per heavy atom. The van der Waals surface area contributed by atoms with Crippen molar-refractivity contribution in [2.75, 3.05) is 7.11 Å². The van der Waals surface area contributed by atoms with Crippen LogP contribution < -0.4 is 0 Å². The van der Waals surface area contributed by atoms with Gasteiger partial charge in [-0.15, -0.1) is 0 Å². The summed E-state index contributed by atoms with van der Waals surface area (Å²) in [6.07, 6.45) is 0.799. The molecule has 3 aromatic rings. The zero-order chi connectivity index (χ0) is 15.5. The van der Waals surface area contributed by atoms with Crippen molar-refractivity contribution in [3.63, 3.8) is 0 Å². The third-order valence-electron chi connectivity index (χ3n) is 3.93. The van der Waals surface area contributed by atoms with Gasteiger partial charge in [-0.1, -0.05) is 48.5 Å². The monoisotopic (exact) mass is 290 g/mol. The van der Waals surface area contributed by atoms with E-state index >= 15 is 0 Å². The molecule has 0 aliphatic rings. The molecule has 0 atom stereocenters. The highest BCUT2D eigenvalue weighted by Gasteiger charge is 2.12. The van der Waals surface area contributed by atoms with Crippen molar-refractivity contribution in [1.29, 1.82) is 0 Å². The van der Waals surface area contributed by atoms with Gasteiger partial charge < -0.3 is 4.74 Å². The fraction of sp³-hybridized carbons (Fsp3) is 0.150. The summed E-state index contributed by atoms with van der Waals surface area (Å²) in [4.78, 5) is 11.9. The molecule has 3 rings (SSSR count). The number of benzene rings is 3. The highest BCUT2D eigenvalue weighted by atomic mass is 16.5. The Bertz CT molecular complexity index is 820. The standard InChI is InChI=1S/C20H18O2/c1-14-7-6-10-16-12-18(20(21)22-2)13-17(19(14)16)11-15-8-4-3-5-9-15/h3-10,12-13H,11H2,1-2H3. The maximum Gasteiger partial charge on any atom is 0.337 e. The number of methoxy groups -OCH3 is 1. The Labute approximate surface area is 130 Å². The molecule has 22 heavy (non-hydrogen) atoms. The van der Waals surface area contributed by atoms with Gasteiger partial charge in [0.05, 0.1) is 12.7 Å². The molecule has 2 heteroatoms. The molecule has 0 spiro atoms. The van der Waals surface area contributed by atoms with Crippen molar-refractivity contribution in [1.82, 2.24) is 0 Å². The lowest BCUT2D eigenvalue weighted by Crippen LogP contribution is -2.03. The van der Waals surface area contributed by atoms with Gasteiger partial charge in [-0.25, -0.2) is 4.79 Å². The Morgan fingerprint density at radius 1 is 1.00 bits per heavy atom. The predicted octanol–water partition coefficient (Wildman–Crippen LogP) is 4.53. The molecule has 0 aliphatic heterocycles. The van der Waals surface area contributed by atoms with Crippen LogP contribution in [0.3, 0.4) is 0 Å². The molecule has 0 radical (unpaired) electrons. The van der Waals surface area contributed by atoms with Gasteiger partial charge in [0.25, 0.3) is 0 Å². The maximum atomic E-state index is 11.9. The molecular formula is C20H18O2. The highest BCUT2D eigenvalue weighted by molar-refractivity contribution is 5.98. The summed E-state index contributed by atoms with van der Waals surface area (Å²) in [6.45, 7) is 2.11. The van der Waals surface area contributed by atoms with Gasteiger partial charge in [0.1, 0.15) is 0 Å². The second-order valence-electron chi connectivity index (χ2n) is 5.46. The van der Waals surface area contributed by atoms with Gasteiger partial charge >= 0.3 is 5.97 Å². The van der Waals surface area contributed by atoms with Crippen molar-refractivity contribution in [2.24, 2.45) is 0 Å². The van der Waals surface area contributed by atoms with E-state index < -0.39 is 0 Å². The van der Waals surface area contributed by atoms with Gasteiger partial charge in [-0.3, -0.25) is 0 Å². The van der Waals surface area contributed by atoms with E-state index in [1.807, 2.05) is 42.5 Å². The summed E-state index contributed by atoms with van der Waals surface area (Å²) in [6, 6.07) is 20.3. The van der Waals surface area contributed by atoms with Crippen LogP contribution in [-0.2, 0) is 11.2 Å². The summed E-state index contributed by atoms with van der Waals surface area (Å²) >= 11 is 0. The molecule has 0 amide bonds. The van der Waals surface area contributed by atoms with E-state index in [0.717, 1.165) is 17.4 Å². The van der Waals surface area contributed by atoms with Crippen molar-refractivity contribution in [3.05, 3.63) is 82.9 Å². The zero-order valence-electron chi connectivity index (χ0n) is 12.8. The van der Waals surface area contributed by atoms with Crippen LogP contribution in [0.4, 0.5) is 0 Å². The first-order chi connectivity index (χ1) is 10.7. The fourth-order valence-electron chi connectivity index (χ4n) is 2.91. The molecule has 0 fully saturated rings. The molecule has 110 valence electrons. The Hall–Kier alpha value is -2.61. The summed E-state index contributed by atoms with van der Waals surface area (Å²) in [7, 11) is 1.42. The molecule has 0 bridgehead atoms. The summed E-state index contributed by atoms with van der Waals surface area (Å²) in [5.74, 6) is -0.294. The minimum atomic E-state index is -0.294. The number of carbonyl (C=O) groups excluding carboxylic acids is 1. The second kappa shape index (κ2) is 6.02. The first-order valence-corrected chi connectivity index (χ1v) is 7.33. The first-order valence-electron chi connectivity index (χ1n) is 7.33. The zero-order valence-corrected chi connectivity index (χ0v) is 12.8. The van der Waals surface area contributed by atoms with Crippen LogP contribution in [0.5, 0.6) is 0 Å². The topological polar surface area (TPSA) is 26.3 Å². The van der Waals surface area contributed by atoms with Crippen LogP contribution >= 0.6 is 0 Å². The number of ether oxygens (including phenoxy) is 1. The SMILES string of the molecule is COC(=O)c1cc(Cc2ccccc2)c2c(C)cccc2c1. The van der Waals surface area contributed by atoms with Crippen LogP contribution in [0.2, 0.25) is 0 Å². The average molecular weight is 290 g/mol. The molecule has 2 nitrogen and oxygen atoms in total. The molecule has 0 saturated carbocycles. The van der Waals surface area contributed by atoms with E-state index in [1.54, 1.807) is 0 Å². The lowest BCUT2D eigenvalue weighted by molar-refractivity contribution is 0.0601. The van der Waals surface area contributed by atoms with Gasteiger partial charge in [-0.2, -0.15) is 0 Å². The van der Waals surface area contributed by atoms with Gasteiger partial charge in [0.15, 0.2) is 0 Å². The molecule has 0 N–H and O–H groups in total. The predicted molar refractivity (Wildman–Crippen MR) is 89.3 cm³/mol. The number of carbonyl (C=O) groups is 1. The lowest BCUT2D eigenvalue weighted by Gasteiger charge is -2.12. The fourth-order valence-corrected chi connectivity index (χ4v) is 2.91. The maximum absolute atomic E-state index is 11.9. The number of aryl methyl sites for hydroxylation is 1. The minimum Gasteiger partial charge on any atom is -0.465 e.